The van der Waals surface area contributed by atoms with E-state index in [-0.39, 0.29) is 34.7 Å². The third-order valence-electron chi connectivity index (χ3n) is 7.70. The third-order valence-corrected chi connectivity index (χ3v) is 11.4. The highest BCUT2D eigenvalue weighted by molar-refractivity contribution is 7.91. The van der Waals surface area contributed by atoms with Gasteiger partial charge in [0.15, 0.2) is 0 Å². The van der Waals surface area contributed by atoms with Crippen LogP contribution in [0.2, 0.25) is 0 Å². The maximum atomic E-state index is 13.5. The fraction of sp³-hybridized carbons (Fsp3) is 0.464. The smallest absolute Gasteiger partial charge is 0.243 e. The molecular weight excluding hydrogens is 573 g/mol. The van der Waals surface area contributed by atoms with Gasteiger partial charge in [-0.05, 0) is 68.7 Å². The van der Waals surface area contributed by atoms with Gasteiger partial charge in [-0.3, -0.25) is 4.98 Å². The van der Waals surface area contributed by atoms with Crippen LogP contribution in [-0.4, -0.2) is 87.3 Å². The number of nitrogens with one attached hydrogen (secondary N) is 1. The van der Waals surface area contributed by atoms with Crippen LogP contribution in [-0.2, 0) is 24.6 Å². The molecule has 3 aromatic rings. The van der Waals surface area contributed by atoms with Crippen molar-refractivity contribution in [3.63, 3.8) is 0 Å². The maximum Gasteiger partial charge on any atom is 0.243 e. The van der Waals surface area contributed by atoms with E-state index in [1.807, 2.05) is 6.07 Å². The number of pyridine rings is 1. The number of alkyl halides is 1. The monoisotopic (exact) mass is 607 g/mol. The zero-order valence-corrected chi connectivity index (χ0v) is 24.3. The Kier molecular flexibility index (Phi) is 8.65. The number of aromatic nitrogens is 1. The van der Waals surface area contributed by atoms with Gasteiger partial charge in [0.25, 0.3) is 0 Å². The Hall–Kier alpha value is -2.68. The number of halogens is 1. The summed E-state index contributed by atoms with van der Waals surface area (Å²) in [5, 5.41) is 14.5. The minimum Gasteiger partial charge on any atom is -0.491 e. The van der Waals surface area contributed by atoms with Crippen LogP contribution in [0.25, 0.3) is 10.9 Å². The molecule has 2 fully saturated rings. The van der Waals surface area contributed by atoms with Crippen molar-refractivity contribution in [3.8, 4) is 5.75 Å². The van der Waals surface area contributed by atoms with Crippen molar-refractivity contribution in [2.75, 3.05) is 32.8 Å². The van der Waals surface area contributed by atoms with E-state index in [1.165, 1.54) is 22.5 Å². The first kappa shape index (κ1) is 29.8. The summed E-state index contributed by atoms with van der Waals surface area (Å²) < 4.78 is 77.3. The van der Waals surface area contributed by atoms with E-state index in [2.05, 4.69) is 10.3 Å². The second-order valence-corrected chi connectivity index (χ2v) is 14.7. The molecule has 0 bridgehead atoms. The second kappa shape index (κ2) is 11.9. The molecule has 0 amide bonds. The van der Waals surface area contributed by atoms with Gasteiger partial charge < -0.3 is 19.9 Å². The van der Waals surface area contributed by atoms with Crippen LogP contribution in [0, 0.1) is 0 Å². The fourth-order valence-corrected chi connectivity index (χ4v) is 7.70. The quantitative estimate of drug-likeness (QED) is 0.357. The average molecular weight is 608 g/mol. The predicted octanol–water partition coefficient (Wildman–Crippen LogP) is 2.67. The minimum atomic E-state index is -4.08. The van der Waals surface area contributed by atoms with E-state index < -0.39 is 37.1 Å². The van der Waals surface area contributed by atoms with Crippen LogP contribution in [0.3, 0.4) is 0 Å². The van der Waals surface area contributed by atoms with Gasteiger partial charge in [-0.1, -0.05) is 12.1 Å². The third kappa shape index (κ3) is 6.55. The van der Waals surface area contributed by atoms with Gasteiger partial charge in [-0.15, -0.1) is 0 Å². The average Bonchev–Trinajstić information content (AvgIpc) is 3.37. The molecule has 2 aromatic carbocycles. The van der Waals surface area contributed by atoms with Crippen LogP contribution in [0.15, 0.2) is 70.6 Å². The summed E-state index contributed by atoms with van der Waals surface area (Å²) in [4.78, 5) is 4.32. The maximum absolute atomic E-state index is 13.5. The highest BCUT2D eigenvalue weighted by atomic mass is 32.2. The van der Waals surface area contributed by atoms with Gasteiger partial charge >= 0.3 is 0 Å². The molecule has 1 aromatic heterocycles. The Bertz CT molecular complexity index is 1590. The first-order chi connectivity index (χ1) is 19.5. The van der Waals surface area contributed by atoms with Crippen molar-refractivity contribution < 1.29 is 35.8 Å². The summed E-state index contributed by atoms with van der Waals surface area (Å²) in [5.74, 6) is 0.219. The van der Waals surface area contributed by atoms with E-state index in [0.29, 0.717) is 39.0 Å². The van der Waals surface area contributed by atoms with E-state index in [9.17, 15) is 26.3 Å². The molecule has 3 heterocycles. The Morgan fingerprint density at radius 3 is 2.66 bits per heavy atom. The Morgan fingerprint density at radius 1 is 1.12 bits per heavy atom. The van der Waals surface area contributed by atoms with Gasteiger partial charge in [0.2, 0.25) is 25.4 Å². The zero-order chi connectivity index (χ0) is 29.3. The molecule has 5 rings (SSSR count). The normalized spacial score (nSPS) is 21.2. The molecule has 0 aliphatic carbocycles. The van der Waals surface area contributed by atoms with Gasteiger partial charge in [0.05, 0.1) is 27.5 Å². The summed E-state index contributed by atoms with van der Waals surface area (Å²) in [5.41, 5.74) is -1.72. The molecule has 2 saturated heterocycles. The van der Waals surface area contributed by atoms with Crippen molar-refractivity contribution in [1.29, 1.82) is 0 Å². The number of nitrogens with zero attached hydrogens (tertiary/aromatic N) is 2. The lowest BCUT2D eigenvalue weighted by atomic mass is 9.88. The number of ether oxygens (including phenoxy) is 2. The van der Waals surface area contributed by atoms with Crippen molar-refractivity contribution in [2.45, 2.75) is 59.2 Å². The van der Waals surface area contributed by atoms with Crippen LogP contribution < -0.4 is 10.1 Å². The predicted molar refractivity (Wildman–Crippen MR) is 151 cm³/mol. The largest absolute Gasteiger partial charge is 0.491 e. The number of fused-ring (bicyclic) bond motifs is 1. The zero-order valence-electron chi connectivity index (χ0n) is 22.6. The van der Waals surface area contributed by atoms with E-state index >= 15 is 0 Å². The fourth-order valence-electron chi connectivity index (χ4n) is 5.30. The molecule has 222 valence electrons. The SMILES string of the molecule is CC(F)S(=O)(=O)c1cccc(OCC(O)CN[C@H]2COC3(CCN(S(=O)(=O)c4ccc5ncccc5c4)CC3)C2)c1. The van der Waals surface area contributed by atoms with Gasteiger partial charge in [0.1, 0.15) is 18.5 Å². The number of hydrogen-bond acceptors (Lipinski definition) is 9. The Balaban J connectivity index is 1.09. The summed E-state index contributed by atoms with van der Waals surface area (Å²) >= 11 is 0. The second-order valence-electron chi connectivity index (χ2n) is 10.6. The molecule has 0 saturated carbocycles. The summed E-state index contributed by atoms with van der Waals surface area (Å²) in [6, 6.07) is 14.1. The molecule has 1 spiro atoms. The van der Waals surface area contributed by atoms with Crippen molar-refractivity contribution in [2.24, 2.45) is 0 Å². The summed E-state index contributed by atoms with van der Waals surface area (Å²) in [6.07, 6.45) is 2.63. The van der Waals surface area contributed by atoms with Crippen molar-refractivity contribution in [1.82, 2.24) is 14.6 Å². The van der Waals surface area contributed by atoms with E-state index in [1.54, 1.807) is 36.5 Å². The topological polar surface area (TPSA) is 135 Å². The summed E-state index contributed by atoms with van der Waals surface area (Å²) in [6.45, 7) is 2.25. The first-order valence-corrected chi connectivity index (χ1v) is 16.5. The lowest BCUT2D eigenvalue weighted by Gasteiger charge is -2.38. The van der Waals surface area contributed by atoms with Crippen LogP contribution in [0.1, 0.15) is 26.2 Å². The lowest BCUT2D eigenvalue weighted by Crippen LogP contribution is -2.47. The number of piperidine rings is 1. The van der Waals surface area contributed by atoms with Crippen LogP contribution in [0.5, 0.6) is 5.75 Å². The molecule has 2 aliphatic rings. The Morgan fingerprint density at radius 2 is 1.90 bits per heavy atom. The Labute approximate surface area is 239 Å². The number of benzene rings is 2. The van der Waals surface area contributed by atoms with Gasteiger partial charge in [-0.2, -0.15) is 4.31 Å². The molecule has 3 atom stereocenters. The number of sulfone groups is 1. The number of aliphatic hydroxyl groups is 1. The number of hydrogen-bond donors (Lipinski definition) is 2. The first-order valence-electron chi connectivity index (χ1n) is 13.5. The molecule has 13 heteroatoms. The number of rotatable bonds is 10. The molecule has 41 heavy (non-hydrogen) atoms. The molecule has 2 N–H and O–H groups in total. The molecule has 2 unspecified atom stereocenters. The molecule has 10 nitrogen and oxygen atoms in total. The van der Waals surface area contributed by atoms with Gasteiger partial charge in [-0.25, -0.2) is 21.2 Å². The minimum absolute atomic E-state index is 0.0136. The molecule has 2 aliphatic heterocycles. The van der Waals surface area contributed by atoms with Gasteiger partial charge in [0, 0.05) is 37.3 Å². The highest BCUT2D eigenvalue weighted by Crippen LogP contribution is 2.37. The molecular formula is C28H34FN3O7S2. The number of sulfonamides is 1. The standard InChI is InChI=1S/C28H34FN3O7S2/c1-20(29)40(34,35)25-6-2-5-24(15-25)38-19-23(33)17-31-22-16-28(39-18-22)9-12-32(13-10-28)41(36,37)26-7-8-27-21(14-26)4-3-11-30-27/h2-8,11,14-15,20,22-23,31,33H,9-10,12-13,16-19H2,1H3/t20?,22-,23?/m1/s1. The highest BCUT2D eigenvalue weighted by Gasteiger charge is 2.44. The molecule has 0 radical (unpaired) electrons. The van der Waals surface area contributed by atoms with Crippen molar-refractivity contribution in [3.05, 3.63) is 60.8 Å². The van der Waals surface area contributed by atoms with Crippen LogP contribution >= 0.6 is 0 Å². The van der Waals surface area contributed by atoms with Crippen LogP contribution in [0.4, 0.5) is 4.39 Å². The van der Waals surface area contributed by atoms with E-state index in [0.717, 1.165) is 17.8 Å². The number of aliphatic hydroxyl groups excluding tert-OH is 1. The lowest BCUT2D eigenvalue weighted by molar-refractivity contribution is -0.0312. The van der Waals surface area contributed by atoms with Crippen molar-refractivity contribution >= 4 is 30.8 Å². The van der Waals surface area contributed by atoms with E-state index in [4.69, 9.17) is 9.47 Å². The summed E-state index contributed by atoms with van der Waals surface area (Å²) in [7, 11) is -7.72.